The number of hydrogen-bond donors (Lipinski definition) is 1. The lowest BCUT2D eigenvalue weighted by Crippen LogP contribution is -1.86. The molecule has 0 aliphatic carbocycles. The topological polar surface area (TPSA) is 79.2 Å². The highest BCUT2D eigenvalue weighted by molar-refractivity contribution is 5.79. The smallest absolute Gasteiger partial charge is 0.203 e. The molecule has 0 radical (unpaired) electrons. The molecule has 94 valence electrons. The molecular formula is C12H9FN6. The third-order valence-electron chi connectivity index (χ3n) is 2.57. The van der Waals surface area contributed by atoms with Crippen LogP contribution in [-0.2, 0) is 6.54 Å². The van der Waals surface area contributed by atoms with E-state index < -0.39 is 0 Å². The number of azo groups is 1. The van der Waals surface area contributed by atoms with Crippen LogP contribution in [0.2, 0.25) is 0 Å². The number of aromatic amines is 1. The van der Waals surface area contributed by atoms with Crippen molar-refractivity contribution in [3.63, 3.8) is 0 Å². The maximum Gasteiger partial charge on any atom is 0.203 e. The Kier molecular flexibility index (Phi) is 2.93. The molecule has 0 spiro atoms. The minimum atomic E-state index is -0.296. The number of nitrogens with one attached hydrogen (secondary N) is 1. The lowest BCUT2D eigenvalue weighted by molar-refractivity contribution is 0.609. The van der Waals surface area contributed by atoms with Crippen LogP contribution >= 0.6 is 0 Å². The van der Waals surface area contributed by atoms with Crippen LogP contribution in [0.5, 0.6) is 0 Å². The van der Waals surface area contributed by atoms with Gasteiger partial charge in [-0.15, -0.1) is 5.11 Å². The second kappa shape index (κ2) is 4.89. The molecule has 6 nitrogen and oxygen atoms in total. The first-order chi connectivity index (χ1) is 9.34. The van der Waals surface area contributed by atoms with Crippen molar-refractivity contribution in [3.05, 3.63) is 48.3 Å². The van der Waals surface area contributed by atoms with Gasteiger partial charge in [0.25, 0.3) is 0 Å². The third-order valence-corrected chi connectivity index (χ3v) is 2.57. The van der Waals surface area contributed by atoms with Gasteiger partial charge in [-0.2, -0.15) is 5.11 Å². The first-order valence-corrected chi connectivity index (χ1v) is 5.59. The van der Waals surface area contributed by atoms with Gasteiger partial charge in [0.15, 0.2) is 5.65 Å². The average Bonchev–Trinajstić information content (AvgIpc) is 2.90. The minimum Gasteiger partial charge on any atom is -0.340 e. The molecule has 3 rings (SSSR count). The number of fused-ring (bicyclic) bond motifs is 1. The molecule has 0 atom stereocenters. The van der Waals surface area contributed by atoms with Gasteiger partial charge in [-0.1, -0.05) is 18.2 Å². The number of nitrogens with zero attached hydrogens (tertiary/aromatic N) is 5. The molecule has 0 saturated heterocycles. The zero-order valence-corrected chi connectivity index (χ0v) is 9.79. The van der Waals surface area contributed by atoms with E-state index in [1.807, 2.05) is 0 Å². The predicted molar refractivity (Wildman–Crippen MR) is 66.3 cm³/mol. The van der Waals surface area contributed by atoms with E-state index in [1.54, 1.807) is 18.2 Å². The molecule has 7 heteroatoms. The molecule has 2 aromatic heterocycles. The summed E-state index contributed by atoms with van der Waals surface area (Å²) in [6.45, 7) is 0.159. The summed E-state index contributed by atoms with van der Waals surface area (Å²) in [6, 6.07) is 6.45. The fraction of sp³-hybridized carbons (Fsp3) is 0.0833. The molecule has 0 bridgehead atoms. The van der Waals surface area contributed by atoms with Crippen LogP contribution in [0, 0.1) is 5.82 Å². The van der Waals surface area contributed by atoms with E-state index in [0.29, 0.717) is 22.5 Å². The molecule has 0 amide bonds. The molecule has 0 aliphatic rings. The van der Waals surface area contributed by atoms with E-state index in [2.05, 4.69) is 30.2 Å². The fourth-order valence-corrected chi connectivity index (χ4v) is 1.63. The number of imidazole rings is 1. The lowest BCUT2D eigenvalue weighted by Gasteiger charge is -1.97. The van der Waals surface area contributed by atoms with Crippen molar-refractivity contribution < 1.29 is 4.39 Å². The molecule has 3 aromatic rings. The molecule has 0 aliphatic heterocycles. The summed E-state index contributed by atoms with van der Waals surface area (Å²) >= 11 is 0. The van der Waals surface area contributed by atoms with Gasteiger partial charge in [0.2, 0.25) is 5.82 Å². The normalized spacial score (nSPS) is 11.4. The summed E-state index contributed by atoms with van der Waals surface area (Å²) in [6.07, 6.45) is 2.87. The summed E-state index contributed by atoms with van der Waals surface area (Å²) in [7, 11) is 0. The van der Waals surface area contributed by atoms with Crippen LogP contribution in [0.4, 0.5) is 10.2 Å². The van der Waals surface area contributed by atoms with Crippen molar-refractivity contribution in [1.82, 2.24) is 19.9 Å². The van der Waals surface area contributed by atoms with Gasteiger partial charge in [0.05, 0.1) is 12.9 Å². The average molecular weight is 256 g/mol. The summed E-state index contributed by atoms with van der Waals surface area (Å²) in [5.74, 6) is 0.0923. The summed E-state index contributed by atoms with van der Waals surface area (Å²) in [5.41, 5.74) is 1.62. The monoisotopic (exact) mass is 256 g/mol. The highest BCUT2D eigenvalue weighted by Gasteiger charge is 2.04. The van der Waals surface area contributed by atoms with E-state index >= 15 is 0 Å². The van der Waals surface area contributed by atoms with E-state index in [1.165, 1.54) is 18.7 Å². The largest absolute Gasteiger partial charge is 0.340 e. The van der Waals surface area contributed by atoms with Crippen LogP contribution in [0.1, 0.15) is 5.56 Å². The maximum atomic E-state index is 13.4. The van der Waals surface area contributed by atoms with Gasteiger partial charge in [-0.25, -0.2) is 19.3 Å². The van der Waals surface area contributed by atoms with E-state index in [-0.39, 0.29) is 12.4 Å². The molecule has 0 saturated carbocycles. The number of hydrogen-bond acceptors (Lipinski definition) is 5. The first-order valence-electron chi connectivity index (χ1n) is 5.59. The molecule has 1 N–H and O–H groups in total. The van der Waals surface area contributed by atoms with E-state index in [4.69, 9.17) is 0 Å². The standard InChI is InChI=1S/C12H9FN6/c13-9-4-2-1-3-8(9)5-18-19-12-10-11(15-6-14-10)16-7-17-12/h1-4,6-7H,5H2,(H,14,15,16,17). The second-order valence-corrected chi connectivity index (χ2v) is 3.79. The number of H-pyrrole nitrogens is 1. The number of rotatable bonds is 3. The SMILES string of the molecule is Fc1ccccc1CN=Nc1ncnc2nc[nH]c12. The van der Waals surface area contributed by atoms with Gasteiger partial charge in [0.1, 0.15) is 17.7 Å². The van der Waals surface area contributed by atoms with Crippen LogP contribution in [0.15, 0.2) is 47.1 Å². The summed E-state index contributed by atoms with van der Waals surface area (Å²) < 4.78 is 13.4. The van der Waals surface area contributed by atoms with Crippen LogP contribution in [-0.4, -0.2) is 19.9 Å². The zero-order valence-electron chi connectivity index (χ0n) is 9.79. The van der Waals surface area contributed by atoms with E-state index in [9.17, 15) is 4.39 Å². The van der Waals surface area contributed by atoms with Crippen molar-refractivity contribution in [2.45, 2.75) is 6.54 Å². The molecule has 2 heterocycles. The molecular weight excluding hydrogens is 247 g/mol. The molecule has 0 unspecified atom stereocenters. The highest BCUT2D eigenvalue weighted by atomic mass is 19.1. The van der Waals surface area contributed by atoms with Crippen molar-refractivity contribution in [3.8, 4) is 0 Å². The van der Waals surface area contributed by atoms with E-state index in [0.717, 1.165) is 0 Å². The molecule has 1 aromatic carbocycles. The molecule has 19 heavy (non-hydrogen) atoms. The lowest BCUT2D eigenvalue weighted by atomic mass is 10.2. The Hall–Kier alpha value is -2.70. The molecule has 0 fully saturated rings. The number of benzene rings is 1. The fourth-order valence-electron chi connectivity index (χ4n) is 1.63. The van der Waals surface area contributed by atoms with Gasteiger partial charge < -0.3 is 4.98 Å². The minimum absolute atomic E-state index is 0.159. The van der Waals surface area contributed by atoms with Crippen molar-refractivity contribution in [1.29, 1.82) is 0 Å². The third kappa shape index (κ3) is 2.30. The quantitative estimate of drug-likeness (QED) is 0.732. The Morgan fingerprint density at radius 3 is 2.95 bits per heavy atom. The Balaban J connectivity index is 1.84. The Labute approximate surface area is 107 Å². The van der Waals surface area contributed by atoms with Crippen molar-refractivity contribution in [2.24, 2.45) is 10.2 Å². The Morgan fingerprint density at radius 1 is 1.16 bits per heavy atom. The van der Waals surface area contributed by atoms with Gasteiger partial charge in [0, 0.05) is 5.56 Å². The summed E-state index contributed by atoms with van der Waals surface area (Å²) in [5, 5.41) is 7.93. The van der Waals surface area contributed by atoms with Crippen LogP contribution in [0.3, 0.4) is 0 Å². The first kappa shape index (κ1) is 11.4. The van der Waals surface area contributed by atoms with Crippen LogP contribution in [0.25, 0.3) is 11.2 Å². The van der Waals surface area contributed by atoms with Gasteiger partial charge >= 0.3 is 0 Å². The number of halogens is 1. The number of aromatic nitrogens is 4. The Morgan fingerprint density at radius 2 is 2.05 bits per heavy atom. The van der Waals surface area contributed by atoms with Crippen molar-refractivity contribution in [2.75, 3.05) is 0 Å². The zero-order chi connectivity index (χ0) is 13.1. The van der Waals surface area contributed by atoms with Crippen LogP contribution < -0.4 is 0 Å². The second-order valence-electron chi connectivity index (χ2n) is 3.79. The summed E-state index contributed by atoms with van der Waals surface area (Å²) in [4.78, 5) is 14.8. The Bertz CT molecular complexity index is 736. The highest BCUT2D eigenvalue weighted by Crippen LogP contribution is 2.18. The predicted octanol–water partition coefficient (Wildman–Crippen LogP) is 2.78. The van der Waals surface area contributed by atoms with Crippen molar-refractivity contribution >= 4 is 17.0 Å². The van der Waals surface area contributed by atoms with Gasteiger partial charge in [-0.05, 0) is 6.07 Å². The maximum absolute atomic E-state index is 13.4. The van der Waals surface area contributed by atoms with Gasteiger partial charge in [-0.3, -0.25) is 0 Å².